The van der Waals surface area contributed by atoms with Crippen LogP contribution in [-0.2, 0) is 16.1 Å². The van der Waals surface area contributed by atoms with E-state index in [0.29, 0.717) is 32.7 Å². The standard InChI is InChI=1S/C22H29NO4/c1-22(2,17-26-16-18-8-5-4-6-9-18)23-21(24)10-7-15-27-20-13-11-19(25-3)12-14-20/h4-6,8-9,11-14H,7,10,15-17H2,1-3H3,(H,23,24). The SMILES string of the molecule is COc1ccc(OCCCC(=O)NC(C)(C)COCc2ccccc2)cc1. The highest BCUT2D eigenvalue weighted by atomic mass is 16.5. The van der Waals surface area contributed by atoms with E-state index in [9.17, 15) is 4.79 Å². The Hall–Kier alpha value is -2.53. The second-order valence-electron chi connectivity index (χ2n) is 7.04. The molecule has 0 saturated carbocycles. The van der Waals surface area contributed by atoms with Gasteiger partial charge in [0.15, 0.2) is 0 Å². The molecule has 0 spiro atoms. The highest BCUT2D eigenvalue weighted by Gasteiger charge is 2.20. The number of rotatable bonds is 11. The van der Waals surface area contributed by atoms with Crippen molar-refractivity contribution in [3.05, 3.63) is 60.2 Å². The molecule has 0 aromatic heterocycles. The molecule has 146 valence electrons. The summed E-state index contributed by atoms with van der Waals surface area (Å²) >= 11 is 0. The number of hydrogen-bond acceptors (Lipinski definition) is 4. The van der Waals surface area contributed by atoms with Crippen LogP contribution >= 0.6 is 0 Å². The monoisotopic (exact) mass is 371 g/mol. The molecular formula is C22H29NO4. The fourth-order valence-corrected chi connectivity index (χ4v) is 2.57. The van der Waals surface area contributed by atoms with Crippen LogP contribution in [0.15, 0.2) is 54.6 Å². The lowest BCUT2D eigenvalue weighted by atomic mass is 10.1. The van der Waals surface area contributed by atoms with Gasteiger partial charge >= 0.3 is 0 Å². The summed E-state index contributed by atoms with van der Waals surface area (Å²) in [5.41, 5.74) is 0.707. The summed E-state index contributed by atoms with van der Waals surface area (Å²) in [4.78, 5) is 12.1. The van der Waals surface area contributed by atoms with Crippen molar-refractivity contribution in [1.82, 2.24) is 5.32 Å². The number of methoxy groups -OCH3 is 1. The van der Waals surface area contributed by atoms with Gasteiger partial charge in [-0.05, 0) is 50.1 Å². The highest BCUT2D eigenvalue weighted by Crippen LogP contribution is 2.17. The number of carbonyl (C=O) groups is 1. The molecule has 1 N–H and O–H groups in total. The van der Waals surface area contributed by atoms with Gasteiger partial charge in [0.05, 0.1) is 32.5 Å². The molecule has 2 aromatic rings. The quantitative estimate of drug-likeness (QED) is 0.607. The van der Waals surface area contributed by atoms with Gasteiger partial charge in [0, 0.05) is 6.42 Å². The molecule has 5 heteroatoms. The van der Waals surface area contributed by atoms with Gasteiger partial charge in [-0.25, -0.2) is 0 Å². The molecule has 2 aromatic carbocycles. The van der Waals surface area contributed by atoms with Crippen LogP contribution in [-0.4, -0.2) is 31.8 Å². The molecule has 0 radical (unpaired) electrons. The first kappa shape index (κ1) is 20.8. The van der Waals surface area contributed by atoms with Gasteiger partial charge in [-0.2, -0.15) is 0 Å². The van der Waals surface area contributed by atoms with Crippen LogP contribution in [0.5, 0.6) is 11.5 Å². The normalized spacial score (nSPS) is 11.1. The predicted molar refractivity (Wildman–Crippen MR) is 106 cm³/mol. The van der Waals surface area contributed by atoms with E-state index in [1.165, 1.54) is 0 Å². The van der Waals surface area contributed by atoms with E-state index in [-0.39, 0.29) is 5.91 Å². The topological polar surface area (TPSA) is 56.8 Å². The molecule has 0 aliphatic heterocycles. The third-order valence-corrected chi connectivity index (χ3v) is 3.93. The second kappa shape index (κ2) is 10.6. The summed E-state index contributed by atoms with van der Waals surface area (Å²) in [5, 5.41) is 3.02. The highest BCUT2D eigenvalue weighted by molar-refractivity contribution is 5.76. The molecule has 0 atom stereocenters. The summed E-state index contributed by atoms with van der Waals surface area (Å²) < 4.78 is 16.5. The van der Waals surface area contributed by atoms with Crippen LogP contribution in [0.4, 0.5) is 0 Å². The Labute approximate surface area is 161 Å². The summed E-state index contributed by atoms with van der Waals surface area (Å²) in [6.07, 6.45) is 1.07. The van der Waals surface area contributed by atoms with Crippen LogP contribution in [0, 0.1) is 0 Å². The number of hydrogen-bond donors (Lipinski definition) is 1. The van der Waals surface area contributed by atoms with Crippen molar-refractivity contribution in [2.24, 2.45) is 0 Å². The average Bonchev–Trinajstić information content (AvgIpc) is 2.66. The Morgan fingerprint density at radius 2 is 1.67 bits per heavy atom. The average molecular weight is 371 g/mol. The fraction of sp³-hybridized carbons (Fsp3) is 0.409. The van der Waals surface area contributed by atoms with Crippen LogP contribution < -0.4 is 14.8 Å². The van der Waals surface area contributed by atoms with Crippen molar-refractivity contribution >= 4 is 5.91 Å². The molecule has 27 heavy (non-hydrogen) atoms. The molecule has 0 fully saturated rings. The number of nitrogens with one attached hydrogen (secondary N) is 1. The lowest BCUT2D eigenvalue weighted by Gasteiger charge is -2.26. The van der Waals surface area contributed by atoms with Gasteiger partial charge in [-0.15, -0.1) is 0 Å². The van der Waals surface area contributed by atoms with Crippen molar-refractivity contribution in [2.75, 3.05) is 20.3 Å². The molecular weight excluding hydrogens is 342 g/mol. The molecule has 0 saturated heterocycles. The zero-order valence-electron chi connectivity index (χ0n) is 16.4. The Kier molecular flexibility index (Phi) is 8.14. The van der Waals surface area contributed by atoms with E-state index in [1.54, 1.807) is 7.11 Å². The van der Waals surface area contributed by atoms with Gasteiger partial charge in [-0.3, -0.25) is 4.79 Å². The molecule has 1 amide bonds. The number of ether oxygens (including phenoxy) is 3. The largest absolute Gasteiger partial charge is 0.497 e. The zero-order chi connectivity index (χ0) is 19.5. The third-order valence-electron chi connectivity index (χ3n) is 3.93. The van der Waals surface area contributed by atoms with Crippen molar-refractivity contribution < 1.29 is 19.0 Å². The van der Waals surface area contributed by atoms with E-state index in [4.69, 9.17) is 14.2 Å². The van der Waals surface area contributed by atoms with Gasteiger partial charge in [-0.1, -0.05) is 30.3 Å². The summed E-state index contributed by atoms with van der Waals surface area (Å²) in [6.45, 7) is 5.41. The number of benzene rings is 2. The van der Waals surface area contributed by atoms with Crippen molar-refractivity contribution in [3.8, 4) is 11.5 Å². The molecule has 0 aliphatic carbocycles. The minimum absolute atomic E-state index is 0.00152. The minimum atomic E-state index is -0.414. The van der Waals surface area contributed by atoms with Crippen LogP contribution in [0.2, 0.25) is 0 Å². The molecule has 0 bridgehead atoms. The maximum Gasteiger partial charge on any atom is 0.220 e. The second-order valence-corrected chi connectivity index (χ2v) is 7.04. The smallest absolute Gasteiger partial charge is 0.220 e. The first-order valence-corrected chi connectivity index (χ1v) is 9.18. The van der Waals surface area contributed by atoms with E-state index in [1.807, 2.05) is 68.4 Å². The van der Waals surface area contributed by atoms with Crippen molar-refractivity contribution in [2.45, 2.75) is 38.8 Å². The maximum atomic E-state index is 12.1. The van der Waals surface area contributed by atoms with Gasteiger partial charge in [0.25, 0.3) is 0 Å². The van der Waals surface area contributed by atoms with E-state index >= 15 is 0 Å². The van der Waals surface area contributed by atoms with Crippen LogP contribution in [0.1, 0.15) is 32.3 Å². The molecule has 2 rings (SSSR count). The Morgan fingerprint density at radius 1 is 1.00 bits per heavy atom. The Bertz CT molecular complexity index is 683. The van der Waals surface area contributed by atoms with E-state index in [0.717, 1.165) is 17.1 Å². The Balaban J connectivity index is 1.61. The lowest BCUT2D eigenvalue weighted by Crippen LogP contribution is -2.47. The van der Waals surface area contributed by atoms with E-state index in [2.05, 4.69) is 5.32 Å². The summed E-state index contributed by atoms with van der Waals surface area (Å²) in [7, 11) is 1.63. The van der Waals surface area contributed by atoms with Gasteiger partial charge in [0.1, 0.15) is 11.5 Å². The minimum Gasteiger partial charge on any atom is -0.497 e. The van der Waals surface area contributed by atoms with Gasteiger partial charge in [0.2, 0.25) is 5.91 Å². The molecule has 0 heterocycles. The third kappa shape index (κ3) is 8.13. The van der Waals surface area contributed by atoms with Crippen molar-refractivity contribution in [3.63, 3.8) is 0 Å². The molecule has 0 aliphatic rings. The van der Waals surface area contributed by atoms with Crippen molar-refractivity contribution in [1.29, 1.82) is 0 Å². The summed E-state index contributed by atoms with van der Waals surface area (Å²) in [6, 6.07) is 17.4. The van der Waals surface area contributed by atoms with Crippen LogP contribution in [0.3, 0.4) is 0 Å². The predicted octanol–water partition coefficient (Wildman–Crippen LogP) is 3.97. The maximum absolute atomic E-state index is 12.1. The van der Waals surface area contributed by atoms with E-state index < -0.39 is 5.54 Å². The number of amides is 1. The molecule has 5 nitrogen and oxygen atoms in total. The van der Waals surface area contributed by atoms with Gasteiger partial charge < -0.3 is 19.5 Å². The first-order valence-electron chi connectivity index (χ1n) is 9.18. The van der Waals surface area contributed by atoms with Crippen LogP contribution in [0.25, 0.3) is 0 Å². The fourth-order valence-electron chi connectivity index (χ4n) is 2.57. The Morgan fingerprint density at radius 3 is 2.33 bits per heavy atom. The number of carbonyl (C=O) groups excluding carboxylic acids is 1. The lowest BCUT2D eigenvalue weighted by molar-refractivity contribution is -0.123. The molecule has 0 unspecified atom stereocenters. The summed E-state index contributed by atoms with van der Waals surface area (Å²) in [5.74, 6) is 1.56. The zero-order valence-corrected chi connectivity index (χ0v) is 16.4. The first-order chi connectivity index (χ1) is 13.0.